The smallest absolute Gasteiger partial charge is 0.350 e. The number of carbonyl (C=O) groups excluding carboxylic acids is 2. The van der Waals surface area contributed by atoms with Gasteiger partial charge in [0, 0.05) is 11.4 Å². The lowest BCUT2D eigenvalue weighted by molar-refractivity contribution is -0.138. The zero-order valence-corrected chi connectivity index (χ0v) is 15.0. The quantitative estimate of drug-likeness (QED) is 0.795. The molecule has 1 aromatic heterocycles. The van der Waals surface area contributed by atoms with E-state index in [1.54, 1.807) is 6.92 Å². The van der Waals surface area contributed by atoms with Crippen LogP contribution in [0.1, 0.15) is 22.9 Å². The van der Waals surface area contributed by atoms with Gasteiger partial charge in [0.25, 0.3) is 0 Å². The number of benzene rings is 1. The number of thiophene rings is 1. The van der Waals surface area contributed by atoms with Gasteiger partial charge < -0.3 is 10.2 Å². The summed E-state index contributed by atoms with van der Waals surface area (Å²) < 4.78 is 38.3. The van der Waals surface area contributed by atoms with Gasteiger partial charge in [-0.2, -0.15) is 13.2 Å². The maximum Gasteiger partial charge on any atom is 0.416 e. The highest BCUT2D eigenvalue weighted by Gasteiger charge is 2.30. The van der Waals surface area contributed by atoms with Crippen LogP contribution in [0.15, 0.2) is 41.8 Å². The summed E-state index contributed by atoms with van der Waals surface area (Å²) in [7, 11) is 0. The number of nitrogens with one attached hydrogen (secondary N) is 1. The third kappa shape index (κ3) is 5.87. The van der Waals surface area contributed by atoms with E-state index in [0.717, 1.165) is 17.0 Å². The summed E-state index contributed by atoms with van der Waals surface area (Å²) in [6, 6.07) is 8.43. The third-order valence-electron chi connectivity index (χ3n) is 3.72. The third-order valence-corrected chi connectivity index (χ3v) is 4.59. The minimum Gasteiger partial charge on any atom is -0.350 e. The van der Waals surface area contributed by atoms with E-state index >= 15 is 0 Å². The van der Waals surface area contributed by atoms with Crippen LogP contribution < -0.4 is 5.32 Å². The molecule has 1 N–H and O–H groups in total. The molecule has 2 aromatic rings. The molecule has 140 valence electrons. The largest absolute Gasteiger partial charge is 0.416 e. The molecule has 4 nitrogen and oxygen atoms in total. The monoisotopic (exact) mass is 384 g/mol. The Labute approximate surface area is 153 Å². The first-order chi connectivity index (χ1) is 12.3. The van der Waals surface area contributed by atoms with Gasteiger partial charge in [0.1, 0.15) is 0 Å². The number of halogens is 3. The fourth-order valence-corrected chi connectivity index (χ4v) is 2.99. The van der Waals surface area contributed by atoms with E-state index in [9.17, 15) is 22.8 Å². The van der Waals surface area contributed by atoms with Crippen molar-refractivity contribution in [3.05, 3.63) is 57.8 Å². The fraction of sp³-hybridized carbons (Fsp3) is 0.333. The number of alkyl halides is 3. The number of hydrogen-bond donors (Lipinski definition) is 1. The average molecular weight is 384 g/mol. The average Bonchev–Trinajstić information content (AvgIpc) is 3.10. The molecule has 0 unspecified atom stereocenters. The van der Waals surface area contributed by atoms with Crippen LogP contribution >= 0.6 is 11.3 Å². The summed E-state index contributed by atoms with van der Waals surface area (Å²) in [5.74, 6) is -0.698. The summed E-state index contributed by atoms with van der Waals surface area (Å²) in [5.41, 5.74) is -0.526. The van der Waals surface area contributed by atoms with Crippen LogP contribution in [0.4, 0.5) is 13.2 Å². The van der Waals surface area contributed by atoms with Gasteiger partial charge in [-0.1, -0.05) is 24.3 Å². The SMILES string of the molecule is CCN(CC(=O)NCc1cccs1)C(=O)Cc1cccc(C(F)(F)F)c1. The minimum absolute atomic E-state index is 0.125. The molecular weight excluding hydrogens is 365 g/mol. The summed E-state index contributed by atoms with van der Waals surface area (Å²) >= 11 is 1.51. The number of rotatable bonds is 7. The molecule has 0 spiro atoms. The number of carbonyl (C=O) groups is 2. The van der Waals surface area contributed by atoms with Gasteiger partial charge in [0.05, 0.1) is 25.1 Å². The highest BCUT2D eigenvalue weighted by molar-refractivity contribution is 7.09. The predicted molar refractivity (Wildman–Crippen MR) is 93.6 cm³/mol. The van der Waals surface area contributed by atoms with Gasteiger partial charge >= 0.3 is 6.18 Å². The van der Waals surface area contributed by atoms with Crippen molar-refractivity contribution < 1.29 is 22.8 Å². The standard InChI is InChI=1S/C18H19F3N2O2S/c1-2-23(12-16(24)22-11-15-7-4-8-26-15)17(25)10-13-5-3-6-14(9-13)18(19,20)21/h3-9H,2,10-12H2,1H3,(H,22,24). The molecule has 0 atom stereocenters. The number of hydrogen-bond acceptors (Lipinski definition) is 3. The van der Waals surface area contributed by atoms with Crippen molar-refractivity contribution in [3.8, 4) is 0 Å². The van der Waals surface area contributed by atoms with Crippen LogP contribution in [-0.4, -0.2) is 29.8 Å². The molecule has 1 heterocycles. The Morgan fingerprint density at radius 1 is 1.19 bits per heavy atom. The number of likely N-dealkylation sites (N-methyl/N-ethyl adjacent to an activating group) is 1. The number of nitrogens with zero attached hydrogens (tertiary/aromatic N) is 1. The van der Waals surface area contributed by atoms with Crippen LogP contribution in [0.2, 0.25) is 0 Å². The Morgan fingerprint density at radius 3 is 2.58 bits per heavy atom. The summed E-state index contributed by atoms with van der Waals surface area (Å²) in [6.07, 6.45) is -4.64. The van der Waals surface area contributed by atoms with Gasteiger partial charge in [-0.3, -0.25) is 9.59 Å². The molecule has 2 rings (SSSR count). The van der Waals surface area contributed by atoms with Gasteiger partial charge in [-0.15, -0.1) is 11.3 Å². The maximum absolute atomic E-state index is 12.8. The molecule has 26 heavy (non-hydrogen) atoms. The van der Waals surface area contributed by atoms with E-state index in [1.165, 1.54) is 28.4 Å². The Kier molecular flexibility index (Phi) is 6.79. The highest BCUT2D eigenvalue weighted by atomic mass is 32.1. The number of amides is 2. The second-order valence-electron chi connectivity index (χ2n) is 5.64. The van der Waals surface area contributed by atoms with Gasteiger partial charge in [-0.05, 0) is 30.0 Å². The van der Waals surface area contributed by atoms with Gasteiger partial charge in [0.15, 0.2) is 0 Å². The van der Waals surface area contributed by atoms with Crippen LogP contribution in [0, 0.1) is 0 Å². The Hall–Kier alpha value is -2.35. The van der Waals surface area contributed by atoms with E-state index in [0.29, 0.717) is 13.1 Å². The molecule has 0 fully saturated rings. The van der Waals surface area contributed by atoms with Crippen molar-refractivity contribution in [3.63, 3.8) is 0 Å². The zero-order chi connectivity index (χ0) is 19.2. The lowest BCUT2D eigenvalue weighted by Crippen LogP contribution is -2.41. The van der Waals surface area contributed by atoms with Crippen molar-refractivity contribution in [2.24, 2.45) is 0 Å². The van der Waals surface area contributed by atoms with Gasteiger partial charge in [-0.25, -0.2) is 0 Å². The highest BCUT2D eigenvalue weighted by Crippen LogP contribution is 2.29. The second kappa shape index (κ2) is 8.84. The molecule has 0 radical (unpaired) electrons. The first-order valence-corrected chi connectivity index (χ1v) is 8.90. The van der Waals surface area contributed by atoms with Crippen LogP contribution in [0.3, 0.4) is 0 Å². The normalized spacial score (nSPS) is 11.2. The van der Waals surface area contributed by atoms with Crippen molar-refractivity contribution in [2.45, 2.75) is 26.1 Å². The van der Waals surface area contributed by atoms with E-state index in [1.807, 2.05) is 17.5 Å². The van der Waals surface area contributed by atoms with Crippen molar-refractivity contribution in [2.75, 3.05) is 13.1 Å². The zero-order valence-electron chi connectivity index (χ0n) is 14.2. The fourth-order valence-electron chi connectivity index (χ4n) is 2.35. The molecular formula is C18H19F3N2O2S. The first kappa shape index (κ1) is 20.0. The molecule has 0 aliphatic rings. The Balaban J connectivity index is 1.92. The second-order valence-corrected chi connectivity index (χ2v) is 6.67. The molecule has 0 aliphatic heterocycles. The first-order valence-electron chi connectivity index (χ1n) is 8.02. The molecule has 0 saturated heterocycles. The van der Waals surface area contributed by atoms with Crippen LogP contribution in [0.25, 0.3) is 0 Å². The lowest BCUT2D eigenvalue weighted by Gasteiger charge is -2.20. The predicted octanol–water partition coefficient (Wildman–Crippen LogP) is 3.47. The minimum atomic E-state index is -4.45. The van der Waals surface area contributed by atoms with Crippen molar-refractivity contribution in [1.82, 2.24) is 10.2 Å². The van der Waals surface area contributed by atoms with Crippen LogP contribution in [-0.2, 0) is 28.7 Å². The molecule has 0 bridgehead atoms. The topological polar surface area (TPSA) is 49.4 Å². The van der Waals surface area contributed by atoms with Crippen molar-refractivity contribution >= 4 is 23.2 Å². The van der Waals surface area contributed by atoms with Crippen molar-refractivity contribution in [1.29, 1.82) is 0 Å². The molecule has 1 aromatic carbocycles. The Bertz CT molecular complexity index is 745. The van der Waals surface area contributed by atoms with Crippen LogP contribution in [0.5, 0.6) is 0 Å². The van der Waals surface area contributed by atoms with Gasteiger partial charge in [0.2, 0.25) is 11.8 Å². The van der Waals surface area contributed by atoms with E-state index in [4.69, 9.17) is 0 Å². The molecule has 0 aliphatic carbocycles. The molecule has 8 heteroatoms. The molecule has 2 amide bonds. The summed E-state index contributed by atoms with van der Waals surface area (Å²) in [5, 5.41) is 4.63. The maximum atomic E-state index is 12.8. The van der Waals surface area contributed by atoms with E-state index in [2.05, 4.69) is 5.32 Å². The Morgan fingerprint density at radius 2 is 1.96 bits per heavy atom. The van der Waals surface area contributed by atoms with E-state index in [-0.39, 0.29) is 24.4 Å². The van der Waals surface area contributed by atoms with E-state index < -0.39 is 17.6 Å². The summed E-state index contributed by atoms with van der Waals surface area (Å²) in [6.45, 7) is 2.27. The lowest BCUT2D eigenvalue weighted by atomic mass is 10.1. The summed E-state index contributed by atoms with van der Waals surface area (Å²) in [4.78, 5) is 26.7. The molecule has 0 saturated carbocycles.